The molecule has 1 fully saturated rings. The summed E-state index contributed by atoms with van der Waals surface area (Å²) in [6.07, 6.45) is 2.31. The number of pyridine rings is 1. The fourth-order valence-electron chi connectivity index (χ4n) is 4.34. The van der Waals surface area contributed by atoms with E-state index in [0.717, 1.165) is 6.42 Å². The molecule has 0 spiro atoms. The van der Waals surface area contributed by atoms with Crippen molar-refractivity contribution in [1.29, 1.82) is 0 Å². The number of hydrogen-bond acceptors (Lipinski definition) is 9. The number of carbonyl (C=O) groups is 1. The Bertz CT molecular complexity index is 1400. The zero-order valence-electron chi connectivity index (χ0n) is 18.7. The van der Waals surface area contributed by atoms with E-state index in [2.05, 4.69) is 15.3 Å². The Kier molecular flexibility index (Phi) is 5.58. The van der Waals surface area contributed by atoms with Gasteiger partial charge in [-0.15, -0.1) is 0 Å². The van der Waals surface area contributed by atoms with Crippen LogP contribution < -0.4 is 16.2 Å². The minimum atomic E-state index is -0.164. The number of nitrogens with two attached hydrogens (primary N) is 2. The van der Waals surface area contributed by atoms with Crippen LogP contribution in [-0.2, 0) is 6.54 Å². The summed E-state index contributed by atoms with van der Waals surface area (Å²) in [6.45, 7) is 3.48. The van der Waals surface area contributed by atoms with Crippen molar-refractivity contribution in [2.75, 3.05) is 25.9 Å². The molecule has 1 atom stereocenters. The number of aryl methyl sites for hydroxylation is 1. The number of halogens is 1. The van der Waals surface area contributed by atoms with E-state index in [1.807, 2.05) is 11.5 Å². The van der Waals surface area contributed by atoms with Gasteiger partial charge in [-0.1, -0.05) is 11.6 Å². The highest BCUT2D eigenvalue weighted by Gasteiger charge is 2.30. The van der Waals surface area contributed by atoms with E-state index in [1.54, 1.807) is 36.4 Å². The Morgan fingerprint density at radius 1 is 1.32 bits per heavy atom. The molecule has 12 heteroatoms. The van der Waals surface area contributed by atoms with Gasteiger partial charge in [0.25, 0.3) is 5.91 Å². The first-order valence-corrected chi connectivity index (χ1v) is 11.2. The average Bonchev–Trinajstić information content (AvgIpc) is 3.55. The van der Waals surface area contributed by atoms with Gasteiger partial charge in [0.15, 0.2) is 17.3 Å². The lowest BCUT2D eigenvalue weighted by Crippen LogP contribution is -2.32. The average molecular weight is 483 g/mol. The van der Waals surface area contributed by atoms with E-state index in [1.165, 1.54) is 0 Å². The van der Waals surface area contributed by atoms with E-state index < -0.39 is 0 Å². The Labute approximate surface area is 199 Å². The molecular weight excluding hydrogens is 460 g/mol. The molecule has 11 nitrogen and oxygen atoms in total. The van der Waals surface area contributed by atoms with Gasteiger partial charge < -0.3 is 25.7 Å². The van der Waals surface area contributed by atoms with Crippen molar-refractivity contribution < 1.29 is 14.2 Å². The molecule has 5 rings (SSSR count). The second kappa shape index (κ2) is 8.58. The van der Waals surface area contributed by atoms with Crippen LogP contribution in [0.2, 0.25) is 5.02 Å². The Morgan fingerprint density at radius 2 is 2.15 bits per heavy atom. The molecule has 4 heterocycles. The van der Waals surface area contributed by atoms with E-state index in [0.29, 0.717) is 64.1 Å². The number of nitrogen functional groups attached to an aromatic ring is 1. The summed E-state index contributed by atoms with van der Waals surface area (Å²) >= 11 is 6.29. The molecule has 1 aliphatic rings. The minimum absolute atomic E-state index is 0.0463. The summed E-state index contributed by atoms with van der Waals surface area (Å²) in [5.41, 5.74) is 14.9. The zero-order chi connectivity index (χ0) is 24.0. The molecule has 0 aliphatic carbocycles. The van der Waals surface area contributed by atoms with E-state index in [9.17, 15) is 4.79 Å². The lowest BCUT2D eigenvalue weighted by Gasteiger charge is -2.18. The summed E-state index contributed by atoms with van der Waals surface area (Å²) < 4.78 is 12.2. The number of rotatable bonds is 5. The largest absolute Gasteiger partial charge is 0.496 e. The number of likely N-dealkylation sites (tertiary alicyclic amines) is 1. The maximum absolute atomic E-state index is 13.5. The van der Waals surface area contributed by atoms with Crippen molar-refractivity contribution in [2.45, 2.75) is 25.9 Å². The third-order valence-electron chi connectivity index (χ3n) is 5.97. The lowest BCUT2D eigenvalue weighted by atomic mass is 10.1. The van der Waals surface area contributed by atoms with Gasteiger partial charge in [-0.05, 0) is 41.9 Å². The standard InChI is InChI=1S/C22H23ClN8O3/c1-3-31-19-14(22(32)30-7-6-12(24)10-30)9-26-16(13-8-11(23)4-5-15(13)33-2)17(19)27-21(31)18-20(25)29-34-28-18/h4-5,8-9,12H,3,6-7,10,24H2,1-2H3,(H2,25,29). The molecule has 0 bridgehead atoms. The molecule has 3 aromatic heterocycles. The van der Waals surface area contributed by atoms with Crippen molar-refractivity contribution in [3.63, 3.8) is 0 Å². The molecule has 0 saturated carbocycles. The molecule has 34 heavy (non-hydrogen) atoms. The molecule has 4 aromatic rings. The number of fused-ring (bicyclic) bond motifs is 1. The van der Waals surface area contributed by atoms with Gasteiger partial charge in [0.05, 0.1) is 18.2 Å². The molecule has 1 aliphatic heterocycles. The highest BCUT2D eigenvalue weighted by molar-refractivity contribution is 6.31. The van der Waals surface area contributed by atoms with Gasteiger partial charge >= 0.3 is 0 Å². The fraction of sp³-hybridized carbons (Fsp3) is 0.318. The smallest absolute Gasteiger partial charge is 0.257 e. The molecule has 176 valence electrons. The number of ether oxygens (including phenoxy) is 1. The number of benzene rings is 1. The summed E-state index contributed by atoms with van der Waals surface area (Å²) in [4.78, 5) is 24.7. The van der Waals surface area contributed by atoms with Crippen molar-refractivity contribution in [2.24, 2.45) is 5.73 Å². The highest BCUT2D eigenvalue weighted by atomic mass is 35.5. The SMILES string of the molecule is CCn1c(-c2nonc2N)nc2c(-c3cc(Cl)ccc3OC)ncc(C(=O)N3CCC(N)C3)c21. The Hall–Kier alpha value is -3.70. The van der Waals surface area contributed by atoms with Crippen LogP contribution in [0.4, 0.5) is 5.82 Å². The predicted molar refractivity (Wildman–Crippen MR) is 126 cm³/mol. The second-order valence-corrected chi connectivity index (χ2v) is 8.48. The highest BCUT2D eigenvalue weighted by Crippen LogP contribution is 2.38. The Balaban J connectivity index is 1.81. The lowest BCUT2D eigenvalue weighted by molar-refractivity contribution is 0.0792. The summed E-state index contributed by atoms with van der Waals surface area (Å²) in [5, 5.41) is 8.12. The van der Waals surface area contributed by atoms with Crippen LogP contribution in [-0.4, -0.2) is 61.9 Å². The second-order valence-electron chi connectivity index (χ2n) is 8.04. The van der Waals surface area contributed by atoms with Gasteiger partial charge in [-0.2, -0.15) is 0 Å². The number of amides is 1. The Morgan fingerprint density at radius 3 is 2.79 bits per heavy atom. The first kappa shape index (κ1) is 22.1. The van der Waals surface area contributed by atoms with Crippen molar-refractivity contribution in [1.82, 2.24) is 29.7 Å². The van der Waals surface area contributed by atoms with Crippen LogP contribution in [0.5, 0.6) is 5.75 Å². The molecule has 1 unspecified atom stereocenters. The number of methoxy groups -OCH3 is 1. The van der Waals surface area contributed by atoms with Gasteiger partial charge in [0.2, 0.25) is 0 Å². The monoisotopic (exact) mass is 482 g/mol. The number of nitrogens with zero attached hydrogens (tertiary/aromatic N) is 6. The van der Waals surface area contributed by atoms with Crippen molar-refractivity contribution >= 4 is 34.4 Å². The summed E-state index contributed by atoms with van der Waals surface area (Å²) in [7, 11) is 1.57. The van der Waals surface area contributed by atoms with Crippen LogP contribution in [0.3, 0.4) is 0 Å². The predicted octanol–water partition coefficient (Wildman–Crippen LogP) is 2.59. The van der Waals surface area contributed by atoms with Crippen molar-refractivity contribution in [3.8, 4) is 28.5 Å². The van der Waals surface area contributed by atoms with Gasteiger partial charge in [-0.3, -0.25) is 9.78 Å². The molecule has 4 N–H and O–H groups in total. The third kappa shape index (κ3) is 3.53. The van der Waals surface area contributed by atoms with Gasteiger partial charge in [0.1, 0.15) is 17.0 Å². The topological polar surface area (TPSA) is 151 Å². The first-order chi connectivity index (χ1) is 16.4. The van der Waals surface area contributed by atoms with Crippen LogP contribution in [0.15, 0.2) is 29.0 Å². The quantitative estimate of drug-likeness (QED) is 0.437. The van der Waals surface area contributed by atoms with Crippen LogP contribution in [0.25, 0.3) is 33.8 Å². The maximum atomic E-state index is 13.5. The van der Waals surface area contributed by atoms with Crippen LogP contribution in [0, 0.1) is 0 Å². The maximum Gasteiger partial charge on any atom is 0.257 e. The molecular formula is C22H23ClN8O3. The summed E-state index contributed by atoms with van der Waals surface area (Å²) in [5.74, 6) is 0.914. The van der Waals surface area contributed by atoms with Gasteiger partial charge in [0, 0.05) is 42.5 Å². The molecule has 1 aromatic carbocycles. The fourth-order valence-corrected chi connectivity index (χ4v) is 4.51. The number of aromatic nitrogens is 5. The first-order valence-electron chi connectivity index (χ1n) is 10.8. The third-order valence-corrected chi connectivity index (χ3v) is 6.21. The number of imidazole rings is 1. The zero-order valence-corrected chi connectivity index (χ0v) is 19.4. The number of hydrogen-bond donors (Lipinski definition) is 2. The number of carbonyl (C=O) groups excluding carboxylic acids is 1. The van der Waals surface area contributed by atoms with E-state index in [-0.39, 0.29) is 23.5 Å². The van der Waals surface area contributed by atoms with Gasteiger partial charge in [-0.25, -0.2) is 9.61 Å². The minimum Gasteiger partial charge on any atom is -0.496 e. The van der Waals surface area contributed by atoms with E-state index >= 15 is 0 Å². The van der Waals surface area contributed by atoms with Crippen LogP contribution in [0.1, 0.15) is 23.7 Å². The summed E-state index contributed by atoms with van der Waals surface area (Å²) in [6, 6.07) is 5.19. The normalized spacial score (nSPS) is 15.9. The van der Waals surface area contributed by atoms with Crippen LogP contribution >= 0.6 is 11.6 Å². The van der Waals surface area contributed by atoms with Crippen molar-refractivity contribution in [3.05, 3.63) is 35.0 Å². The number of anilines is 1. The molecule has 1 amide bonds. The molecule has 1 saturated heterocycles. The van der Waals surface area contributed by atoms with E-state index in [4.69, 9.17) is 37.4 Å². The molecule has 0 radical (unpaired) electrons.